The van der Waals surface area contributed by atoms with Crippen LogP contribution < -0.4 is 0 Å². The van der Waals surface area contributed by atoms with Gasteiger partial charge in [-0.2, -0.15) is 10.5 Å². The molecule has 0 saturated carbocycles. The zero-order valence-corrected chi connectivity index (χ0v) is 6.27. The Morgan fingerprint density at radius 1 is 1.50 bits per heavy atom. The predicted molar refractivity (Wildman–Crippen MR) is 38.0 cm³/mol. The highest BCUT2D eigenvalue weighted by Gasteiger charge is 2.12. The van der Waals surface area contributed by atoms with Gasteiger partial charge >= 0.3 is 0 Å². The van der Waals surface area contributed by atoms with Gasteiger partial charge in [-0.3, -0.25) is 4.79 Å². The molecular formula is C7H4N4O. The minimum atomic E-state index is -0.0119. The summed E-state index contributed by atoms with van der Waals surface area (Å²) >= 11 is 0. The fraction of sp³-hybridized carbons (Fsp3) is 0.143. The average molecular weight is 160 g/mol. The zero-order chi connectivity index (χ0) is 9.14. The van der Waals surface area contributed by atoms with Gasteiger partial charge in [-0.05, 0) is 0 Å². The maximum atomic E-state index is 10.3. The number of hydrogen-bond acceptors (Lipinski definition) is 4. The summed E-state index contributed by atoms with van der Waals surface area (Å²) in [6, 6.07) is 3.52. The Bertz CT molecular complexity index is 404. The third-order valence-corrected chi connectivity index (χ3v) is 1.45. The first-order valence-electron chi connectivity index (χ1n) is 3.06. The molecule has 0 amide bonds. The Kier molecular flexibility index (Phi) is 1.89. The van der Waals surface area contributed by atoms with Crippen LogP contribution in [0.25, 0.3) is 0 Å². The Balaban J connectivity index is 3.47. The van der Waals surface area contributed by atoms with Crippen molar-refractivity contribution in [1.82, 2.24) is 9.55 Å². The monoisotopic (exact) mass is 160 g/mol. The molecule has 0 aliphatic carbocycles. The molecule has 0 atom stereocenters. The van der Waals surface area contributed by atoms with Crippen molar-refractivity contribution in [2.75, 3.05) is 0 Å². The van der Waals surface area contributed by atoms with Crippen LogP contribution in [0.4, 0.5) is 0 Å². The summed E-state index contributed by atoms with van der Waals surface area (Å²) in [5.41, 5.74) is 0.0988. The molecule has 0 fully saturated rings. The van der Waals surface area contributed by atoms with Gasteiger partial charge in [-0.15, -0.1) is 0 Å². The van der Waals surface area contributed by atoms with Gasteiger partial charge < -0.3 is 4.57 Å². The standard InChI is InChI=1S/C7H4N4O/c1-11-6(3-9)5(2-8)10-7(11)4-12/h4H,1H3. The van der Waals surface area contributed by atoms with Crippen molar-refractivity contribution in [3.63, 3.8) is 0 Å². The molecule has 0 aliphatic rings. The van der Waals surface area contributed by atoms with Crippen molar-refractivity contribution in [3.8, 4) is 12.1 Å². The first-order valence-corrected chi connectivity index (χ1v) is 3.06. The quantitative estimate of drug-likeness (QED) is 0.540. The van der Waals surface area contributed by atoms with Gasteiger partial charge in [0.15, 0.2) is 23.5 Å². The number of aldehydes is 1. The first-order chi connectivity index (χ1) is 5.74. The summed E-state index contributed by atoms with van der Waals surface area (Å²) in [4.78, 5) is 14.0. The number of rotatable bonds is 1. The summed E-state index contributed by atoms with van der Waals surface area (Å²) in [6.45, 7) is 0. The highest BCUT2D eigenvalue weighted by atomic mass is 16.1. The third kappa shape index (κ3) is 0.938. The number of aromatic nitrogens is 2. The normalized spacial score (nSPS) is 8.58. The van der Waals surface area contributed by atoms with Gasteiger partial charge in [-0.1, -0.05) is 0 Å². The number of nitrogens with zero attached hydrogens (tertiary/aromatic N) is 4. The molecule has 0 radical (unpaired) electrons. The van der Waals surface area contributed by atoms with Crippen molar-refractivity contribution in [1.29, 1.82) is 10.5 Å². The van der Waals surface area contributed by atoms with Crippen LogP contribution in [-0.4, -0.2) is 15.8 Å². The van der Waals surface area contributed by atoms with Crippen LogP contribution in [0.1, 0.15) is 22.0 Å². The highest BCUT2D eigenvalue weighted by molar-refractivity contribution is 5.70. The maximum absolute atomic E-state index is 10.3. The van der Waals surface area contributed by atoms with Gasteiger partial charge in [0.05, 0.1) is 0 Å². The fourth-order valence-corrected chi connectivity index (χ4v) is 0.827. The SMILES string of the molecule is Cn1c(C=O)nc(C#N)c1C#N. The molecule has 0 N–H and O–H groups in total. The van der Waals surface area contributed by atoms with E-state index in [4.69, 9.17) is 10.5 Å². The van der Waals surface area contributed by atoms with Crippen LogP contribution in [0.15, 0.2) is 0 Å². The molecule has 5 nitrogen and oxygen atoms in total. The van der Waals surface area contributed by atoms with Crippen molar-refractivity contribution in [3.05, 3.63) is 17.2 Å². The summed E-state index contributed by atoms with van der Waals surface area (Å²) in [5.74, 6) is 0.0862. The average Bonchev–Trinajstić information content (AvgIpc) is 2.41. The van der Waals surface area contributed by atoms with Crippen LogP contribution in [0.3, 0.4) is 0 Å². The smallest absolute Gasteiger partial charge is 0.185 e. The molecule has 0 saturated heterocycles. The van der Waals surface area contributed by atoms with E-state index in [9.17, 15) is 4.79 Å². The summed E-state index contributed by atoms with van der Waals surface area (Å²) in [7, 11) is 1.51. The number of hydrogen-bond donors (Lipinski definition) is 0. The molecule has 1 aromatic rings. The molecule has 1 aromatic heterocycles. The van der Waals surface area contributed by atoms with Crippen LogP contribution in [0, 0.1) is 22.7 Å². The second-order valence-electron chi connectivity index (χ2n) is 2.07. The van der Waals surface area contributed by atoms with E-state index >= 15 is 0 Å². The molecule has 1 heterocycles. The van der Waals surface area contributed by atoms with Gasteiger partial charge in [0.25, 0.3) is 0 Å². The first kappa shape index (κ1) is 7.96. The van der Waals surface area contributed by atoms with Crippen LogP contribution in [0.5, 0.6) is 0 Å². The summed E-state index contributed by atoms with van der Waals surface area (Å²) in [5, 5.41) is 17.1. The highest BCUT2D eigenvalue weighted by Crippen LogP contribution is 2.05. The van der Waals surface area contributed by atoms with Crippen molar-refractivity contribution in [2.24, 2.45) is 7.05 Å². The lowest BCUT2D eigenvalue weighted by Crippen LogP contribution is -1.97. The van der Waals surface area contributed by atoms with E-state index in [0.717, 1.165) is 0 Å². The van der Waals surface area contributed by atoms with Crippen LogP contribution in [0.2, 0.25) is 0 Å². The van der Waals surface area contributed by atoms with E-state index in [1.54, 1.807) is 12.1 Å². The Labute approximate surface area is 68.5 Å². The van der Waals surface area contributed by atoms with Gasteiger partial charge in [0.2, 0.25) is 0 Å². The molecule has 58 valence electrons. The molecule has 0 spiro atoms. The topological polar surface area (TPSA) is 82.5 Å². The Hall–Kier alpha value is -2.14. The lowest BCUT2D eigenvalue weighted by molar-refractivity contribution is 0.111. The van der Waals surface area contributed by atoms with Gasteiger partial charge in [0, 0.05) is 7.05 Å². The number of imidazole rings is 1. The van der Waals surface area contributed by atoms with E-state index < -0.39 is 0 Å². The van der Waals surface area contributed by atoms with E-state index in [-0.39, 0.29) is 17.2 Å². The molecule has 0 aromatic carbocycles. The van der Waals surface area contributed by atoms with Crippen molar-refractivity contribution in [2.45, 2.75) is 0 Å². The second kappa shape index (κ2) is 2.85. The molecule has 0 unspecified atom stereocenters. The predicted octanol–water partition coefficient (Wildman–Crippen LogP) is -0.0240. The molecule has 12 heavy (non-hydrogen) atoms. The van der Waals surface area contributed by atoms with Crippen molar-refractivity contribution < 1.29 is 4.79 Å². The minimum Gasteiger partial charge on any atom is -0.316 e. The third-order valence-electron chi connectivity index (χ3n) is 1.45. The fourth-order valence-electron chi connectivity index (χ4n) is 0.827. The number of carbonyl (C=O) groups is 1. The molecule has 1 rings (SSSR count). The van der Waals surface area contributed by atoms with Crippen LogP contribution >= 0.6 is 0 Å². The van der Waals surface area contributed by atoms with E-state index in [2.05, 4.69) is 4.98 Å². The van der Waals surface area contributed by atoms with Crippen LogP contribution in [-0.2, 0) is 7.05 Å². The largest absolute Gasteiger partial charge is 0.316 e. The molecular weight excluding hydrogens is 156 g/mol. The molecule has 0 aliphatic heterocycles. The summed E-state index contributed by atoms with van der Waals surface area (Å²) in [6.07, 6.45) is 0.502. The Morgan fingerprint density at radius 2 is 2.17 bits per heavy atom. The van der Waals surface area contributed by atoms with E-state index in [1.165, 1.54) is 11.6 Å². The van der Waals surface area contributed by atoms with E-state index in [0.29, 0.717) is 6.29 Å². The van der Waals surface area contributed by atoms with Crippen molar-refractivity contribution >= 4 is 6.29 Å². The number of carbonyl (C=O) groups excluding carboxylic acids is 1. The lowest BCUT2D eigenvalue weighted by Gasteiger charge is -1.91. The van der Waals surface area contributed by atoms with E-state index in [1.807, 2.05) is 0 Å². The van der Waals surface area contributed by atoms with Gasteiger partial charge in [-0.25, -0.2) is 4.98 Å². The van der Waals surface area contributed by atoms with Gasteiger partial charge in [0.1, 0.15) is 12.1 Å². The maximum Gasteiger partial charge on any atom is 0.185 e. The Morgan fingerprint density at radius 3 is 2.50 bits per heavy atom. The second-order valence-corrected chi connectivity index (χ2v) is 2.07. The summed E-state index contributed by atoms with van der Waals surface area (Å²) < 4.78 is 1.28. The molecule has 0 bridgehead atoms. The minimum absolute atomic E-state index is 0.0119. The zero-order valence-electron chi connectivity index (χ0n) is 6.27. The molecule has 5 heteroatoms. The number of nitriles is 2. The lowest BCUT2D eigenvalue weighted by atomic mass is 10.4.